The monoisotopic (exact) mass is 320 g/mol. The summed E-state index contributed by atoms with van der Waals surface area (Å²) in [5.74, 6) is 0.986. The van der Waals surface area contributed by atoms with Gasteiger partial charge in [-0.15, -0.1) is 0 Å². The third kappa shape index (κ3) is 2.49. The third-order valence-corrected chi connectivity index (χ3v) is 4.41. The summed E-state index contributed by atoms with van der Waals surface area (Å²) in [5, 5.41) is 10.5. The van der Waals surface area contributed by atoms with E-state index in [2.05, 4.69) is 15.0 Å². The standard InChI is InChI=1S/C17H12N4OS/c18-14-13-17(23-16(19-13)10-5-2-1-3-6-10)21-15(20-14)11-7-4-8-12(22)9-11/h1-9,22H,(H2,18,20,21). The molecule has 0 aliphatic rings. The lowest BCUT2D eigenvalue weighted by molar-refractivity contribution is 0.475. The second-order valence-electron chi connectivity index (χ2n) is 5.02. The van der Waals surface area contributed by atoms with Gasteiger partial charge < -0.3 is 10.8 Å². The Labute approximate surface area is 136 Å². The van der Waals surface area contributed by atoms with Crippen LogP contribution < -0.4 is 5.73 Å². The molecule has 0 fully saturated rings. The van der Waals surface area contributed by atoms with Crippen molar-refractivity contribution in [3.8, 4) is 27.7 Å². The van der Waals surface area contributed by atoms with Crippen LogP contribution in [-0.4, -0.2) is 20.1 Å². The van der Waals surface area contributed by atoms with Crippen molar-refractivity contribution in [3.63, 3.8) is 0 Å². The molecule has 0 aliphatic carbocycles. The number of thiazole rings is 1. The van der Waals surface area contributed by atoms with Crippen LogP contribution in [0.3, 0.4) is 0 Å². The first kappa shape index (κ1) is 13.7. The molecule has 112 valence electrons. The highest BCUT2D eigenvalue weighted by Crippen LogP contribution is 2.32. The van der Waals surface area contributed by atoms with Crippen molar-refractivity contribution in [2.75, 3.05) is 5.73 Å². The van der Waals surface area contributed by atoms with E-state index in [1.807, 2.05) is 36.4 Å². The van der Waals surface area contributed by atoms with Crippen LogP contribution in [0.15, 0.2) is 54.6 Å². The van der Waals surface area contributed by atoms with E-state index in [4.69, 9.17) is 5.73 Å². The Morgan fingerprint density at radius 1 is 0.870 bits per heavy atom. The average molecular weight is 320 g/mol. The van der Waals surface area contributed by atoms with Crippen molar-refractivity contribution in [2.45, 2.75) is 0 Å². The summed E-state index contributed by atoms with van der Waals surface area (Å²) in [5.41, 5.74) is 8.40. The lowest BCUT2D eigenvalue weighted by atomic mass is 10.2. The number of hydrogen-bond acceptors (Lipinski definition) is 6. The molecule has 0 aliphatic heterocycles. The first-order valence-electron chi connectivity index (χ1n) is 6.99. The lowest BCUT2D eigenvalue weighted by Crippen LogP contribution is -1.96. The number of hydrogen-bond donors (Lipinski definition) is 2. The number of anilines is 1. The van der Waals surface area contributed by atoms with E-state index < -0.39 is 0 Å². The van der Waals surface area contributed by atoms with Gasteiger partial charge in [-0.2, -0.15) is 0 Å². The van der Waals surface area contributed by atoms with Crippen LogP contribution in [0.4, 0.5) is 5.82 Å². The number of nitrogens with two attached hydrogens (primary N) is 1. The molecule has 0 atom stereocenters. The van der Waals surface area contributed by atoms with E-state index in [0.717, 1.165) is 15.4 Å². The van der Waals surface area contributed by atoms with E-state index in [-0.39, 0.29) is 5.75 Å². The maximum atomic E-state index is 9.61. The second-order valence-corrected chi connectivity index (χ2v) is 6.00. The molecule has 0 spiro atoms. The Morgan fingerprint density at radius 2 is 1.65 bits per heavy atom. The topological polar surface area (TPSA) is 84.9 Å². The number of aromatic nitrogens is 3. The number of phenols is 1. The Bertz CT molecular complexity index is 998. The van der Waals surface area contributed by atoms with Crippen molar-refractivity contribution in [1.82, 2.24) is 15.0 Å². The zero-order valence-electron chi connectivity index (χ0n) is 12.0. The quantitative estimate of drug-likeness (QED) is 0.588. The predicted octanol–water partition coefficient (Wildman–Crippen LogP) is 3.71. The molecular formula is C17H12N4OS. The maximum absolute atomic E-state index is 9.61. The average Bonchev–Trinajstić information content (AvgIpc) is 3.00. The van der Waals surface area contributed by atoms with Gasteiger partial charge >= 0.3 is 0 Å². The summed E-state index contributed by atoms with van der Waals surface area (Å²) < 4.78 is 0. The van der Waals surface area contributed by atoms with Crippen LogP contribution in [0, 0.1) is 0 Å². The minimum Gasteiger partial charge on any atom is -0.508 e. The van der Waals surface area contributed by atoms with Gasteiger partial charge in [0.15, 0.2) is 11.6 Å². The number of aromatic hydroxyl groups is 1. The zero-order valence-corrected chi connectivity index (χ0v) is 12.8. The highest BCUT2D eigenvalue weighted by molar-refractivity contribution is 7.21. The summed E-state index contributed by atoms with van der Waals surface area (Å²) in [6.07, 6.45) is 0. The number of fused-ring (bicyclic) bond motifs is 1. The lowest BCUT2D eigenvalue weighted by Gasteiger charge is -2.02. The number of benzene rings is 2. The van der Waals surface area contributed by atoms with Gasteiger partial charge in [-0.3, -0.25) is 0 Å². The Kier molecular flexibility index (Phi) is 3.17. The molecule has 6 heteroatoms. The fourth-order valence-electron chi connectivity index (χ4n) is 2.32. The van der Waals surface area contributed by atoms with Gasteiger partial charge in [0, 0.05) is 11.1 Å². The van der Waals surface area contributed by atoms with Crippen LogP contribution in [0.5, 0.6) is 5.75 Å². The molecule has 0 unspecified atom stereocenters. The van der Waals surface area contributed by atoms with E-state index in [0.29, 0.717) is 22.7 Å². The molecule has 0 amide bonds. The number of phenolic OH excluding ortho intramolecular Hbond substituents is 1. The summed E-state index contributed by atoms with van der Waals surface area (Å²) in [6.45, 7) is 0. The normalized spacial score (nSPS) is 11.0. The van der Waals surface area contributed by atoms with Gasteiger partial charge in [-0.1, -0.05) is 53.8 Å². The first-order valence-corrected chi connectivity index (χ1v) is 7.81. The predicted molar refractivity (Wildman–Crippen MR) is 92.2 cm³/mol. The summed E-state index contributed by atoms with van der Waals surface area (Å²) in [7, 11) is 0. The van der Waals surface area contributed by atoms with Gasteiger partial charge in [-0.05, 0) is 12.1 Å². The highest BCUT2D eigenvalue weighted by Gasteiger charge is 2.13. The van der Waals surface area contributed by atoms with Crippen LogP contribution >= 0.6 is 11.3 Å². The highest BCUT2D eigenvalue weighted by atomic mass is 32.1. The third-order valence-electron chi connectivity index (χ3n) is 3.41. The molecule has 23 heavy (non-hydrogen) atoms. The second kappa shape index (κ2) is 5.33. The van der Waals surface area contributed by atoms with Gasteiger partial charge in [0.1, 0.15) is 21.1 Å². The first-order chi connectivity index (χ1) is 11.2. The fourth-order valence-corrected chi connectivity index (χ4v) is 3.27. The Balaban J connectivity index is 1.88. The fraction of sp³-hybridized carbons (Fsp3) is 0. The molecule has 4 rings (SSSR count). The van der Waals surface area contributed by atoms with E-state index in [1.165, 1.54) is 11.3 Å². The van der Waals surface area contributed by atoms with Crippen molar-refractivity contribution in [2.24, 2.45) is 0 Å². The molecular weight excluding hydrogens is 308 g/mol. The molecule has 0 bridgehead atoms. The zero-order chi connectivity index (χ0) is 15.8. The van der Waals surface area contributed by atoms with E-state index in [1.54, 1.807) is 18.2 Å². The minimum atomic E-state index is 0.166. The molecule has 2 heterocycles. The van der Waals surface area contributed by atoms with Crippen molar-refractivity contribution < 1.29 is 5.11 Å². The number of nitrogen functional groups attached to an aromatic ring is 1. The van der Waals surface area contributed by atoms with Gasteiger partial charge in [0.2, 0.25) is 0 Å². The smallest absolute Gasteiger partial charge is 0.163 e. The van der Waals surface area contributed by atoms with Crippen LogP contribution in [0.25, 0.3) is 32.3 Å². The molecule has 0 radical (unpaired) electrons. The van der Waals surface area contributed by atoms with Crippen LogP contribution in [-0.2, 0) is 0 Å². The van der Waals surface area contributed by atoms with Crippen molar-refractivity contribution >= 4 is 27.5 Å². The van der Waals surface area contributed by atoms with Crippen molar-refractivity contribution in [1.29, 1.82) is 0 Å². The Morgan fingerprint density at radius 3 is 2.43 bits per heavy atom. The maximum Gasteiger partial charge on any atom is 0.163 e. The molecule has 4 aromatic rings. The number of nitrogens with zero attached hydrogens (tertiary/aromatic N) is 3. The molecule has 2 aromatic carbocycles. The summed E-state index contributed by atoms with van der Waals surface area (Å²) >= 11 is 1.47. The summed E-state index contributed by atoms with van der Waals surface area (Å²) in [4.78, 5) is 14.2. The minimum absolute atomic E-state index is 0.166. The largest absolute Gasteiger partial charge is 0.508 e. The molecule has 3 N–H and O–H groups in total. The summed E-state index contributed by atoms with van der Waals surface area (Å²) in [6, 6.07) is 16.7. The van der Waals surface area contributed by atoms with Gasteiger partial charge in [0.25, 0.3) is 0 Å². The van der Waals surface area contributed by atoms with Gasteiger partial charge in [0.05, 0.1) is 0 Å². The van der Waals surface area contributed by atoms with Gasteiger partial charge in [-0.25, -0.2) is 15.0 Å². The van der Waals surface area contributed by atoms with Crippen LogP contribution in [0.2, 0.25) is 0 Å². The molecule has 0 saturated carbocycles. The van der Waals surface area contributed by atoms with Crippen molar-refractivity contribution in [3.05, 3.63) is 54.6 Å². The molecule has 5 nitrogen and oxygen atoms in total. The molecule has 0 saturated heterocycles. The number of rotatable bonds is 2. The van der Waals surface area contributed by atoms with Crippen LogP contribution in [0.1, 0.15) is 0 Å². The molecule has 2 aromatic heterocycles. The SMILES string of the molecule is Nc1nc(-c2cccc(O)c2)nc2sc(-c3ccccc3)nc12. The Hall–Kier alpha value is -2.99. The van der Waals surface area contributed by atoms with E-state index >= 15 is 0 Å². The van der Waals surface area contributed by atoms with E-state index in [9.17, 15) is 5.11 Å².